The van der Waals surface area contributed by atoms with E-state index in [4.69, 9.17) is 10.5 Å². The Bertz CT molecular complexity index is 993. The number of nitrogens with two attached hydrogens (primary N) is 1. The zero-order chi connectivity index (χ0) is 23.8. The van der Waals surface area contributed by atoms with Gasteiger partial charge >= 0.3 is 11.9 Å². The minimum absolute atomic E-state index is 0.0659. The molecule has 7 heteroatoms. The van der Waals surface area contributed by atoms with Crippen molar-refractivity contribution in [3.8, 4) is 5.75 Å². The van der Waals surface area contributed by atoms with Gasteiger partial charge in [0, 0.05) is 12.0 Å². The van der Waals surface area contributed by atoms with E-state index in [1.54, 1.807) is 60.7 Å². The average molecular weight is 450 g/mol. The number of benzene rings is 3. The Labute approximate surface area is 192 Å². The SMILES string of the molecule is NC(CCC(c1ccc(C(=O)O)cc1)c1ccc(C(=O)O)cc1)[C@@H](O)COc1ccccc1. The van der Waals surface area contributed by atoms with Crippen LogP contribution in [-0.4, -0.2) is 46.0 Å². The molecule has 0 heterocycles. The van der Waals surface area contributed by atoms with E-state index in [9.17, 15) is 24.9 Å². The summed E-state index contributed by atoms with van der Waals surface area (Å²) >= 11 is 0. The van der Waals surface area contributed by atoms with E-state index in [1.165, 1.54) is 0 Å². The standard InChI is InChI=1S/C26H27NO6/c27-23(24(28)16-33-21-4-2-1-3-5-21)15-14-22(17-6-10-19(11-7-17)25(29)30)18-8-12-20(13-9-18)26(31)32/h1-13,22-24,28H,14-16,27H2,(H,29,30)(H,31,32)/t23?,24-/m0/s1. The molecular weight excluding hydrogens is 422 g/mol. The molecule has 0 saturated carbocycles. The van der Waals surface area contributed by atoms with Crippen LogP contribution in [-0.2, 0) is 0 Å². The number of hydrogen-bond acceptors (Lipinski definition) is 5. The van der Waals surface area contributed by atoms with Gasteiger partial charge in [0.25, 0.3) is 0 Å². The van der Waals surface area contributed by atoms with Gasteiger partial charge in [0.05, 0.1) is 11.1 Å². The van der Waals surface area contributed by atoms with Crippen LogP contribution in [0.2, 0.25) is 0 Å². The summed E-state index contributed by atoms with van der Waals surface area (Å²) in [6, 6.07) is 21.8. The van der Waals surface area contributed by atoms with E-state index in [0.717, 1.165) is 11.1 Å². The van der Waals surface area contributed by atoms with Crippen molar-refractivity contribution >= 4 is 11.9 Å². The molecule has 0 fully saturated rings. The number of aromatic carboxylic acids is 2. The predicted molar refractivity (Wildman–Crippen MR) is 124 cm³/mol. The number of aliphatic hydroxyl groups excluding tert-OH is 1. The topological polar surface area (TPSA) is 130 Å². The summed E-state index contributed by atoms with van der Waals surface area (Å²) in [5.74, 6) is -1.51. The fraction of sp³-hybridized carbons (Fsp3) is 0.231. The van der Waals surface area contributed by atoms with Gasteiger partial charge in [0.15, 0.2) is 0 Å². The van der Waals surface area contributed by atoms with Gasteiger partial charge in [-0.1, -0.05) is 42.5 Å². The lowest BCUT2D eigenvalue weighted by Crippen LogP contribution is -2.39. The predicted octanol–water partition coefficient (Wildman–Crippen LogP) is 3.76. The van der Waals surface area contributed by atoms with E-state index in [2.05, 4.69) is 0 Å². The van der Waals surface area contributed by atoms with Gasteiger partial charge in [-0.3, -0.25) is 0 Å². The van der Waals surface area contributed by atoms with Crippen molar-refractivity contribution < 1.29 is 29.6 Å². The van der Waals surface area contributed by atoms with Crippen LogP contribution in [0.15, 0.2) is 78.9 Å². The van der Waals surface area contributed by atoms with Crippen LogP contribution in [0.4, 0.5) is 0 Å². The maximum Gasteiger partial charge on any atom is 0.335 e. The van der Waals surface area contributed by atoms with Crippen LogP contribution >= 0.6 is 0 Å². The highest BCUT2D eigenvalue weighted by Gasteiger charge is 2.21. The van der Waals surface area contributed by atoms with Crippen molar-refractivity contribution in [1.29, 1.82) is 0 Å². The van der Waals surface area contributed by atoms with Crippen LogP contribution in [0, 0.1) is 0 Å². The number of carboxylic acids is 2. The second-order valence-electron chi connectivity index (χ2n) is 7.84. The first-order valence-corrected chi connectivity index (χ1v) is 10.6. The molecule has 33 heavy (non-hydrogen) atoms. The number of carboxylic acid groups (broad SMARTS) is 2. The minimum atomic E-state index is -1.01. The molecule has 3 aromatic rings. The number of para-hydroxylation sites is 1. The Hall–Kier alpha value is -3.68. The summed E-state index contributed by atoms with van der Waals surface area (Å²) in [4.78, 5) is 22.4. The van der Waals surface area contributed by atoms with Crippen molar-refractivity contribution in [3.05, 3.63) is 101 Å². The highest BCUT2D eigenvalue weighted by molar-refractivity contribution is 5.88. The summed E-state index contributed by atoms with van der Waals surface area (Å²) in [7, 11) is 0. The van der Waals surface area contributed by atoms with E-state index in [1.807, 2.05) is 18.2 Å². The number of hydrogen-bond donors (Lipinski definition) is 4. The average Bonchev–Trinajstić information content (AvgIpc) is 2.83. The first-order valence-electron chi connectivity index (χ1n) is 10.6. The van der Waals surface area contributed by atoms with Crippen LogP contribution in [0.25, 0.3) is 0 Å². The third-order valence-electron chi connectivity index (χ3n) is 5.57. The highest BCUT2D eigenvalue weighted by atomic mass is 16.5. The summed E-state index contributed by atoms with van der Waals surface area (Å²) in [6.07, 6.45) is 0.183. The van der Waals surface area contributed by atoms with E-state index in [0.29, 0.717) is 18.6 Å². The van der Waals surface area contributed by atoms with Crippen molar-refractivity contribution in [2.75, 3.05) is 6.61 Å². The third-order valence-corrected chi connectivity index (χ3v) is 5.57. The number of carbonyl (C=O) groups is 2. The van der Waals surface area contributed by atoms with Gasteiger partial charge in [-0.2, -0.15) is 0 Å². The molecular formula is C26H27NO6. The molecule has 0 spiro atoms. The van der Waals surface area contributed by atoms with E-state index in [-0.39, 0.29) is 23.7 Å². The van der Waals surface area contributed by atoms with Crippen LogP contribution < -0.4 is 10.5 Å². The molecule has 172 valence electrons. The normalized spacial score (nSPS) is 12.8. The Balaban J connectivity index is 1.71. The van der Waals surface area contributed by atoms with Crippen molar-refractivity contribution in [1.82, 2.24) is 0 Å². The maximum absolute atomic E-state index is 11.2. The molecule has 0 bridgehead atoms. The lowest BCUT2D eigenvalue weighted by atomic mass is 9.85. The molecule has 0 aromatic heterocycles. The third kappa shape index (κ3) is 6.65. The lowest BCUT2D eigenvalue weighted by molar-refractivity contribution is 0.0686. The minimum Gasteiger partial charge on any atom is -0.491 e. The number of ether oxygens (including phenoxy) is 1. The second kappa shape index (κ2) is 11.3. The Morgan fingerprint density at radius 2 is 1.24 bits per heavy atom. The zero-order valence-electron chi connectivity index (χ0n) is 18.0. The summed E-state index contributed by atoms with van der Waals surface area (Å²) in [5, 5.41) is 28.8. The molecule has 5 N–H and O–H groups in total. The first kappa shape index (κ1) is 24.0. The van der Waals surface area contributed by atoms with Gasteiger partial charge in [-0.25, -0.2) is 9.59 Å². The highest BCUT2D eigenvalue weighted by Crippen LogP contribution is 2.30. The van der Waals surface area contributed by atoms with Crippen LogP contribution in [0.3, 0.4) is 0 Å². The fourth-order valence-electron chi connectivity index (χ4n) is 3.62. The molecule has 2 atom stereocenters. The van der Waals surface area contributed by atoms with E-state index >= 15 is 0 Å². The summed E-state index contributed by atoms with van der Waals surface area (Å²) in [6.45, 7) is 0.0659. The molecule has 3 aromatic carbocycles. The van der Waals surface area contributed by atoms with Crippen LogP contribution in [0.5, 0.6) is 5.75 Å². The molecule has 0 radical (unpaired) electrons. The molecule has 3 rings (SSSR count). The van der Waals surface area contributed by atoms with Crippen molar-refractivity contribution in [3.63, 3.8) is 0 Å². The molecule has 1 unspecified atom stereocenters. The largest absolute Gasteiger partial charge is 0.491 e. The van der Waals surface area contributed by atoms with Crippen molar-refractivity contribution in [2.45, 2.75) is 30.9 Å². The Morgan fingerprint density at radius 1 is 0.758 bits per heavy atom. The fourth-order valence-corrected chi connectivity index (χ4v) is 3.62. The Kier molecular flexibility index (Phi) is 8.18. The Morgan fingerprint density at radius 3 is 1.70 bits per heavy atom. The van der Waals surface area contributed by atoms with Crippen LogP contribution in [0.1, 0.15) is 50.6 Å². The summed E-state index contributed by atoms with van der Waals surface area (Å²) in [5.41, 5.74) is 8.36. The second-order valence-corrected chi connectivity index (χ2v) is 7.84. The molecule has 0 amide bonds. The van der Waals surface area contributed by atoms with Crippen molar-refractivity contribution in [2.24, 2.45) is 5.73 Å². The molecule has 0 saturated heterocycles. The van der Waals surface area contributed by atoms with Gasteiger partial charge in [-0.15, -0.1) is 0 Å². The maximum atomic E-state index is 11.2. The summed E-state index contributed by atoms with van der Waals surface area (Å²) < 4.78 is 5.59. The molecule has 7 nitrogen and oxygen atoms in total. The van der Waals surface area contributed by atoms with Gasteiger partial charge < -0.3 is 25.8 Å². The zero-order valence-corrected chi connectivity index (χ0v) is 18.0. The monoisotopic (exact) mass is 449 g/mol. The van der Waals surface area contributed by atoms with E-state index < -0.39 is 24.1 Å². The molecule has 0 aliphatic rings. The smallest absolute Gasteiger partial charge is 0.335 e. The first-order chi connectivity index (χ1) is 15.8. The van der Waals surface area contributed by atoms with Gasteiger partial charge in [0.1, 0.15) is 18.5 Å². The molecule has 0 aliphatic carbocycles. The lowest BCUT2D eigenvalue weighted by Gasteiger charge is -2.23. The van der Waals surface area contributed by atoms with Gasteiger partial charge in [-0.05, 0) is 60.4 Å². The molecule has 0 aliphatic heterocycles. The number of rotatable bonds is 11. The number of aliphatic hydroxyl groups is 1. The van der Waals surface area contributed by atoms with Gasteiger partial charge in [0.2, 0.25) is 0 Å². The quantitative estimate of drug-likeness (QED) is 0.351.